The molecule has 2 nitrogen and oxygen atoms in total. The maximum atomic E-state index is 12.2. The molecular formula is C8H12F3NO. The summed E-state index contributed by atoms with van der Waals surface area (Å²) in [6.07, 6.45) is -4.26. The van der Waals surface area contributed by atoms with E-state index in [4.69, 9.17) is 0 Å². The lowest BCUT2D eigenvalue weighted by Gasteiger charge is -2.15. The number of Topliss-reactive ketones (excluding diaryl/α,β-unsaturated/α-hetero) is 1. The molecule has 1 rings (SSSR count). The first kappa shape index (κ1) is 10.5. The van der Waals surface area contributed by atoms with Crippen molar-refractivity contribution in [2.24, 2.45) is 5.92 Å². The van der Waals surface area contributed by atoms with Gasteiger partial charge in [-0.25, -0.2) is 0 Å². The van der Waals surface area contributed by atoms with E-state index in [1.807, 2.05) is 0 Å². The van der Waals surface area contributed by atoms with Gasteiger partial charge < -0.3 is 0 Å². The molecule has 1 aliphatic heterocycles. The zero-order chi connectivity index (χ0) is 10.2. The highest BCUT2D eigenvalue weighted by atomic mass is 19.4. The first-order valence-electron chi connectivity index (χ1n) is 4.09. The number of likely N-dealkylation sites (N-methyl/N-ethyl adjacent to an activating group) is 1. The monoisotopic (exact) mass is 195 g/mol. The predicted molar refractivity (Wildman–Crippen MR) is 41.3 cm³/mol. The second-order valence-electron chi connectivity index (χ2n) is 3.54. The fourth-order valence-electron chi connectivity index (χ4n) is 1.71. The number of likely N-dealkylation sites (tertiary alicyclic amines) is 1. The van der Waals surface area contributed by atoms with Gasteiger partial charge in [-0.3, -0.25) is 9.69 Å². The molecule has 0 N–H and O–H groups in total. The summed E-state index contributed by atoms with van der Waals surface area (Å²) in [5, 5.41) is 0. The highest BCUT2D eigenvalue weighted by molar-refractivity contribution is 5.81. The fraction of sp³-hybridized carbons (Fsp3) is 0.875. The lowest BCUT2D eigenvalue weighted by Crippen LogP contribution is -2.31. The van der Waals surface area contributed by atoms with Crippen LogP contribution in [0, 0.1) is 5.92 Å². The maximum absolute atomic E-state index is 12.2. The average molecular weight is 195 g/mol. The van der Waals surface area contributed by atoms with Gasteiger partial charge in [0.2, 0.25) is 0 Å². The summed E-state index contributed by atoms with van der Waals surface area (Å²) in [5.41, 5.74) is 0. The Morgan fingerprint density at radius 1 is 1.46 bits per heavy atom. The molecule has 0 aliphatic carbocycles. The molecule has 0 aromatic heterocycles. The molecule has 0 spiro atoms. The Labute approximate surface area is 74.7 Å². The van der Waals surface area contributed by atoms with Crippen LogP contribution in [0.15, 0.2) is 0 Å². The number of hydrogen-bond donors (Lipinski definition) is 0. The van der Waals surface area contributed by atoms with Crippen LogP contribution in [0.1, 0.15) is 13.3 Å². The Hall–Kier alpha value is -0.580. The van der Waals surface area contributed by atoms with Crippen LogP contribution in [-0.4, -0.2) is 36.5 Å². The Morgan fingerprint density at radius 3 is 2.23 bits per heavy atom. The van der Waals surface area contributed by atoms with E-state index in [0.29, 0.717) is 0 Å². The van der Waals surface area contributed by atoms with Crippen molar-refractivity contribution in [1.29, 1.82) is 0 Å². The molecule has 76 valence electrons. The molecular weight excluding hydrogens is 183 g/mol. The van der Waals surface area contributed by atoms with Gasteiger partial charge in [0, 0.05) is 6.54 Å². The SMILES string of the molecule is CC(=O)[C@@H]1CC(C(F)(F)F)CN1C. The molecule has 1 unspecified atom stereocenters. The van der Waals surface area contributed by atoms with Gasteiger partial charge in [-0.1, -0.05) is 0 Å². The van der Waals surface area contributed by atoms with Crippen molar-refractivity contribution in [3.8, 4) is 0 Å². The highest BCUT2D eigenvalue weighted by Gasteiger charge is 2.47. The summed E-state index contributed by atoms with van der Waals surface area (Å²) in [4.78, 5) is 12.4. The number of rotatable bonds is 1. The van der Waals surface area contributed by atoms with Crippen LogP contribution in [0.4, 0.5) is 13.2 Å². The number of carbonyl (C=O) groups is 1. The Balaban J connectivity index is 2.65. The summed E-state index contributed by atoms with van der Waals surface area (Å²) >= 11 is 0. The topological polar surface area (TPSA) is 20.3 Å². The molecule has 1 saturated heterocycles. The van der Waals surface area contributed by atoms with Crippen molar-refractivity contribution in [1.82, 2.24) is 4.90 Å². The summed E-state index contributed by atoms with van der Waals surface area (Å²) in [6, 6.07) is -0.549. The molecule has 1 fully saturated rings. The van der Waals surface area contributed by atoms with E-state index in [1.165, 1.54) is 11.8 Å². The maximum Gasteiger partial charge on any atom is 0.393 e. The lowest BCUT2D eigenvalue weighted by molar-refractivity contribution is -0.170. The number of halogens is 3. The van der Waals surface area contributed by atoms with Gasteiger partial charge in [0.1, 0.15) is 5.78 Å². The van der Waals surface area contributed by atoms with Crippen molar-refractivity contribution < 1.29 is 18.0 Å². The van der Waals surface area contributed by atoms with Crippen LogP contribution in [0.2, 0.25) is 0 Å². The second kappa shape index (κ2) is 3.29. The van der Waals surface area contributed by atoms with E-state index in [2.05, 4.69) is 0 Å². The van der Waals surface area contributed by atoms with E-state index < -0.39 is 18.1 Å². The molecule has 1 aliphatic rings. The van der Waals surface area contributed by atoms with Gasteiger partial charge in [0.25, 0.3) is 0 Å². The largest absolute Gasteiger partial charge is 0.393 e. The summed E-state index contributed by atoms with van der Waals surface area (Å²) in [5.74, 6) is -1.53. The van der Waals surface area contributed by atoms with Crippen molar-refractivity contribution in [3.05, 3.63) is 0 Å². The van der Waals surface area contributed by atoms with Gasteiger partial charge in [0.15, 0.2) is 0 Å². The lowest BCUT2D eigenvalue weighted by atomic mass is 10.0. The van der Waals surface area contributed by atoms with E-state index in [9.17, 15) is 18.0 Å². The number of ketones is 1. The molecule has 0 saturated carbocycles. The van der Waals surface area contributed by atoms with E-state index in [0.717, 1.165) is 0 Å². The summed E-state index contributed by atoms with van der Waals surface area (Å²) in [6.45, 7) is 1.27. The second-order valence-corrected chi connectivity index (χ2v) is 3.54. The molecule has 0 radical (unpaired) electrons. The smallest absolute Gasteiger partial charge is 0.298 e. The van der Waals surface area contributed by atoms with E-state index in [1.54, 1.807) is 7.05 Å². The van der Waals surface area contributed by atoms with E-state index in [-0.39, 0.29) is 18.7 Å². The van der Waals surface area contributed by atoms with Crippen LogP contribution in [0.25, 0.3) is 0 Å². The van der Waals surface area contributed by atoms with Crippen LogP contribution in [-0.2, 0) is 4.79 Å². The molecule has 5 heteroatoms. The van der Waals surface area contributed by atoms with Crippen LogP contribution in [0.5, 0.6) is 0 Å². The Morgan fingerprint density at radius 2 is 2.00 bits per heavy atom. The first-order chi connectivity index (χ1) is 5.82. The molecule has 2 atom stereocenters. The highest BCUT2D eigenvalue weighted by Crippen LogP contribution is 2.35. The normalized spacial score (nSPS) is 30.8. The summed E-state index contributed by atoms with van der Waals surface area (Å²) in [7, 11) is 1.55. The molecule has 0 aromatic rings. The molecule has 0 amide bonds. The third-order valence-electron chi connectivity index (χ3n) is 2.48. The Bertz CT molecular complexity index is 214. The third-order valence-corrected chi connectivity index (χ3v) is 2.48. The number of alkyl halides is 3. The zero-order valence-corrected chi connectivity index (χ0v) is 7.56. The standard InChI is InChI=1S/C8H12F3NO/c1-5(13)7-3-6(4-12(7)2)8(9,10)11/h6-7H,3-4H2,1-2H3/t6?,7-/m0/s1. The summed E-state index contributed by atoms with van der Waals surface area (Å²) < 4.78 is 36.7. The zero-order valence-electron chi connectivity index (χ0n) is 7.56. The van der Waals surface area contributed by atoms with Crippen molar-refractivity contribution >= 4 is 5.78 Å². The third kappa shape index (κ3) is 2.21. The van der Waals surface area contributed by atoms with Crippen LogP contribution in [0.3, 0.4) is 0 Å². The van der Waals surface area contributed by atoms with Crippen molar-refractivity contribution in [2.45, 2.75) is 25.6 Å². The minimum absolute atomic E-state index is 0.0618. The van der Waals surface area contributed by atoms with E-state index >= 15 is 0 Å². The minimum atomic E-state index is -4.17. The van der Waals surface area contributed by atoms with Gasteiger partial charge in [0.05, 0.1) is 12.0 Å². The molecule has 1 heterocycles. The van der Waals surface area contributed by atoms with Crippen molar-refractivity contribution in [2.75, 3.05) is 13.6 Å². The number of nitrogens with zero attached hydrogens (tertiary/aromatic N) is 1. The van der Waals surface area contributed by atoms with Gasteiger partial charge in [-0.2, -0.15) is 13.2 Å². The number of hydrogen-bond acceptors (Lipinski definition) is 2. The van der Waals surface area contributed by atoms with Crippen LogP contribution < -0.4 is 0 Å². The first-order valence-corrected chi connectivity index (χ1v) is 4.09. The van der Waals surface area contributed by atoms with Crippen LogP contribution >= 0.6 is 0 Å². The number of carbonyl (C=O) groups excluding carboxylic acids is 1. The van der Waals surface area contributed by atoms with Gasteiger partial charge in [-0.05, 0) is 20.4 Å². The molecule has 0 bridgehead atoms. The average Bonchev–Trinajstić information content (AvgIpc) is 2.29. The van der Waals surface area contributed by atoms with Gasteiger partial charge >= 0.3 is 6.18 Å². The molecule has 13 heavy (non-hydrogen) atoms. The molecule has 0 aromatic carbocycles. The predicted octanol–water partition coefficient (Wildman–Crippen LogP) is 1.46. The van der Waals surface area contributed by atoms with Crippen molar-refractivity contribution in [3.63, 3.8) is 0 Å². The quantitative estimate of drug-likeness (QED) is 0.631. The van der Waals surface area contributed by atoms with Gasteiger partial charge in [-0.15, -0.1) is 0 Å². The Kier molecular flexibility index (Phi) is 2.66. The fourth-order valence-corrected chi connectivity index (χ4v) is 1.71. The minimum Gasteiger partial charge on any atom is -0.298 e.